The summed E-state index contributed by atoms with van der Waals surface area (Å²) < 4.78 is 0. The number of urea groups is 1. The van der Waals surface area contributed by atoms with Gasteiger partial charge in [-0.3, -0.25) is 9.78 Å². The topological polar surface area (TPSA) is 86.4 Å². The van der Waals surface area contributed by atoms with Crippen LogP contribution in [0.5, 0.6) is 0 Å². The van der Waals surface area contributed by atoms with Gasteiger partial charge in [0.25, 0.3) is 0 Å². The average molecular weight is 402 g/mol. The minimum Gasteiger partial charge on any atom is -0.367 e. The zero-order valence-electron chi connectivity index (χ0n) is 15.9. The Morgan fingerprint density at radius 3 is 2.93 bits per heavy atom. The van der Waals surface area contributed by atoms with Crippen molar-refractivity contribution >= 4 is 29.4 Å². The Hall–Kier alpha value is -2.22. The Labute approximate surface area is 169 Å². The maximum Gasteiger partial charge on any atom is 0.315 e. The molecule has 0 saturated carbocycles. The van der Waals surface area contributed by atoms with Crippen LogP contribution >= 0.6 is 11.8 Å². The van der Waals surface area contributed by atoms with Gasteiger partial charge in [0.05, 0.1) is 12.1 Å². The molecule has 3 atom stereocenters. The third-order valence-electron chi connectivity index (χ3n) is 5.62. The first-order chi connectivity index (χ1) is 13.7. The predicted molar refractivity (Wildman–Crippen MR) is 111 cm³/mol. The Kier molecular flexibility index (Phi) is 6.04. The minimum atomic E-state index is -0.0390. The zero-order chi connectivity index (χ0) is 19.3. The highest BCUT2D eigenvalue weighted by Gasteiger charge is 2.42. The third kappa shape index (κ3) is 4.60. The highest BCUT2D eigenvalue weighted by atomic mass is 32.2. The maximum absolute atomic E-state index is 12.2. The normalized spacial score (nSPS) is 26.3. The molecule has 1 aromatic rings. The molecular formula is C20H27N5O2S. The summed E-state index contributed by atoms with van der Waals surface area (Å²) in [6, 6.07) is 4.51. The number of hydrogen-bond donors (Lipinski definition) is 3. The van der Waals surface area contributed by atoms with Crippen molar-refractivity contribution in [2.45, 2.75) is 49.4 Å². The van der Waals surface area contributed by atoms with Gasteiger partial charge in [-0.1, -0.05) is 6.42 Å². The molecule has 0 aliphatic carbocycles. The fourth-order valence-electron chi connectivity index (χ4n) is 4.09. The number of nitrogens with one attached hydrogen (secondary N) is 3. The molecule has 2 saturated heterocycles. The van der Waals surface area contributed by atoms with Crippen molar-refractivity contribution in [3.05, 3.63) is 36.3 Å². The number of aromatic nitrogens is 1. The standard InChI is InChI=1S/C20H27N5O2S/c26-18(4-2-1-3-17-19-16(13-28-17)23-20(27)24-19)22-14-7-11-25(12-8-14)15-5-9-21-10-6-15/h5-7,9-10,16-17,19H,1-4,8,11-13H2,(H,22,26)(H2,23,24,27)/t16-,17-,19-/m0/s1. The third-order valence-corrected chi connectivity index (χ3v) is 7.13. The molecular weight excluding hydrogens is 374 g/mol. The van der Waals surface area contributed by atoms with E-state index in [0.29, 0.717) is 11.7 Å². The van der Waals surface area contributed by atoms with Crippen molar-refractivity contribution < 1.29 is 9.59 Å². The number of thioether (sulfide) groups is 1. The molecule has 0 unspecified atom stereocenters. The molecule has 0 radical (unpaired) electrons. The molecule has 0 bridgehead atoms. The van der Waals surface area contributed by atoms with Gasteiger partial charge in [-0.2, -0.15) is 11.8 Å². The van der Waals surface area contributed by atoms with Gasteiger partial charge in [0, 0.05) is 60.7 Å². The van der Waals surface area contributed by atoms with Gasteiger partial charge in [0.2, 0.25) is 5.91 Å². The molecule has 1 aromatic heterocycles. The minimum absolute atomic E-state index is 0.0390. The van der Waals surface area contributed by atoms with Crippen LogP contribution in [0.1, 0.15) is 32.1 Å². The van der Waals surface area contributed by atoms with Crippen molar-refractivity contribution in [3.63, 3.8) is 0 Å². The molecule has 7 nitrogen and oxygen atoms in total. The number of fused-ring (bicyclic) bond motifs is 1. The summed E-state index contributed by atoms with van der Waals surface area (Å²) in [7, 11) is 0. The van der Waals surface area contributed by atoms with E-state index in [2.05, 4.69) is 31.9 Å². The highest BCUT2D eigenvalue weighted by Crippen LogP contribution is 2.33. The van der Waals surface area contributed by atoms with Gasteiger partial charge in [-0.05, 0) is 31.1 Å². The Bertz CT molecular complexity index is 741. The number of unbranched alkanes of at least 4 members (excludes halogenated alkanes) is 1. The Morgan fingerprint density at radius 2 is 2.14 bits per heavy atom. The second kappa shape index (κ2) is 8.86. The first-order valence-corrected chi connectivity index (χ1v) is 11.1. The number of carbonyl (C=O) groups is 2. The largest absolute Gasteiger partial charge is 0.367 e. The molecule has 4 rings (SSSR count). The van der Waals surface area contributed by atoms with Crippen LogP contribution in [0.2, 0.25) is 0 Å². The fourth-order valence-corrected chi connectivity index (χ4v) is 5.63. The number of anilines is 1. The van der Waals surface area contributed by atoms with Crippen LogP contribution in [-0.2, 0) is 4.79 Å². The second-order valence-electron chi connectivity index (χ2n) is 7.55. The van der Waals surface area contributed by atoms with Gasteiger partial charge < -0.3 is 20.9 Å². The van der Waals surface area contributed by atoms with E-state index in [9.17, 15) is 9.59 Å². The summed E-state index contributed by atoms with van der Waals surface area (Å²) in [5.74, 6) is 1.09. The van der Waals surface area contributed by atoms with E-state index in [4.69, 9.17) is 0 Å². The Balaban J connectivity index is 1.14. The van der Waals surface area contributed by atoms with E-state index in [-0.39, 0.29) is 24.0 Å². The van der Waals surface area contributed by atoms with E-state index >= 15 is 0 Å². The van der Waals surface area contributed by atoms with Gasteiger partial charge in [-0.25, -0.2) is 4.79 Å². The highest BCUT2D eigenvalue weighted by molar-refractivity contribution is 8.00. The van der Waals surface area contributed by atoms with Crippen molar-refractivity contribution in [3.8, 4) is 0 Å². The fraction of sp³-hybridized carbons (Fsp3) is 0.550. The van der Waals surface area contributed by atoms with Gasteiger partial charge in [-0.15, -0.1) is 0 Å². The maximum atomic E-state index is 12.2. The monoisotopic (exact) mass is 401 g/mol. The van der Waals surface area contributed by atoms with E-state index in [0.717, 1.165) is 55.9 Å². The average Bonchev–Trinajstić information content (AvgIpc) is 3.26. The van der Waals surface area contributed by atoms with Crippen LogP contribution in [0.15, 0.2) is 36.3 Å². The summed E-state index contributed by atoms with van der Waals surface area (Å²) >= 11 is 1.93. The molecule has 150 valence electrons. The van der Waals surface area contributed by atoms with Crippen LogP contribution in [0.25, 0.3) is 0 Å². The first kappa shape index (κ1) is 19.1. The smallest absolute Gasteiger partial charge is 0.315 e. The second-order valence-corrected chi connectivity index (χ2v) is 8.82. The first-order valence-electron chi connectivity index (χ1n) is 10.0. The van der Waals surface area contributed by atoms with Crippen molar-refractivity contribution in [1.29, 1.82) is 0 Å². The quantitative estimate of drug-likeness (QED) is 0.481. The van der Waals surface area contributed by atoms with Crippen molar-refractivity contribution in [2.24, 2.45) is 0 Å². The number of hydrogen-bond acceptors (Lipinski definition) is 5. The number of nitrogens with zero attached hydrogens (tertiary/aromatic N) is 2. The molecule has 4 heterocycles. The van der Waals surface area contributed by atoms with Crippen LogP contribution in [0, 0.1) is 0 Å². The molecule has 2 fully saturated rings. The van der Waals surface area contributed by atoms with Crippen LogP contribution in [0.4, 0.5) is 10.5 Å². The SMILES string of the molecule is O=C(CCCC[C@@H]1SC[C@@H]2NC(=O)N[C@@H]21)NC1=CCN(c2ccncc2)CC1. The summed E-state index contributed by atoms with van der Waals surface area (Å²) in [5.41, 5.74) is 2.20. The lowest BCUT2D eigenvalue weighted by Gasteiger charge is -2.28. The van der Waals surface area contributed by atoms with Crippen molar-refractivity contribution in [2.75, 3.05) is 23.7 Å². The Morgan fingerprint density at radius 1 is 1.29 bits per heavy atom. The summed E-state index contributed by atoms with van der Waals surface area (Å²) in [4.78, 5) is 30.0. The van der Waals surface area contributed by atoms with Crippen molar-refractivity contribution in [1.82, 2.24) is 20.9 Å². The van der Waals surface area contributed by atoms with Gasteiger partial charge in [0.1, 0.15) is 0 Å². The molecule has 0 aromatic carbocycles. The molecule has 3 aliphatic heterocycles. The molecule has 0 spiro atoms. The van der Waals surface area contributed by atoms with Crippen LogP contribution in [-0.4, -0.2) is 53.1 Å². The number of amides is 3. The molecule has 28 heavy (non-hydrogen) atoms. The molecule has 3 N–H and O–H groups in total. The van der Waals surface area contributed by atoms with E-state index < -0.39 is 0 Å². The molecule has 3 amide bonds. The van der Waals surface area contributed by atoms with Crippen LogP contribution in [0.3, 0.4) is 0 Å². The van der Waals surface area contributed by atoms with E-state index in [1.165, 1.54) is 0 Å². The number of rotatable bonds is 7. The number of pyridine rings is 1. The zero-order valence-corrected chi connectivity index (χ0v) is 16.7. The van der Waals surface area contributed by atoms with E-state index in [1.54, 1.807) is 12.4 Å². The lowest BCUT2D eigenvalue weighted by molar-refractivity contribution is -0.120. The lowest BCUT2D eigenvalue weighted by Crippen LogP contribution is -2.36. The van der Waals surface area contributed by atoms with Gasteiger partial charge >= 0.3 is 6.03 Å². The molecule has 3 aliphatic rings. The number of carbonyl (C=O) groups excluding carboxylic acids is 2. The summed E-state index contributed by atoms with van der Waals surface area (Å²) in [5, 5.41) is 9.52. The lowest BCUT2D eigenvalue weighted by atomic mass is 10.0. The van der Waals surface area contributed by atoms with Gasteiger partial charge in [0.15, 0.2) is 0 Å². The summed E-state index contributed by atoms with van der Waals surface area (Å²) in [6.07, 6.45) is 10.1. The summed E-state index contributed by atoms with van der Waals surface area (Å²) in [6.45, 7) is 1.71. The van der Waals surface area contributed by atoms with E-state index in [1.807, 2.05) is 23.9 Å². The predicted octanol–water partition coefficient (Wildman–Crippen LogP) is 2.02. The van der Waals surface area contributed by atoms with Crippen LogP contribution < -0.4 is 20.9 Å². The molecule has 8 heteroatoms.